The fourth-order valence-electron chi connectivity index (χ4n) is 9.94. The highest BCUT2D eigenvalue weighted by atomic mass is 32.1. The van der Waals surface area contributed by atoms with Crippen LogP contribution < -0.4 is 0 Å². The molecule has 5 heteroatoms. The fourth-order valence-corrected chi connectivity index (χ4v) is 11.0. The molecule has 0 spiro atoms. The van der Waals surface area contributed by atoms with Crippen molar-refractivity contribution >= 4 is 64.2 Å². The van der Waals surface area contributed by atoms with Crippen molar-refractivity contribution in [1.82, 2.24) is 15.0 Å². The van der Waals surface area contributed by atoms with Gasteiger partial charge in [-0.2, -0.15) is 0 Å². The third kappa shape index (κ3) is 5.99. The van der Waals surface area contributed by atoms with Gasteiger partial charge in [0.05, 0.1) is 0 Å². The van der Waals surface area contributed by atoms with Crippen molar-refractivity contribution in [3.63, 3.8) is 0 Å². The molecule has 0 saturated heterocycles. The molecule has 0 amide bonds. The van der Waals surface area contributed by atoms with E-state index >= 15 is 0 Å². The third-order valence-electron chi connectivity index (χ3n) is 13.0. The first kappa shape index (κ1) is 36.0. The monoisotopic (exact) mass is 823 g/mol. The second-order valence-corrected chi connectivity index (χ2v) is 17.7. The van der Waals surface area contributed by atoms with Gasteiger partial charge in [0.1, 0.15) is 11.2 Å². The van der Waals surface area contributed by atoms with Crippen LogP contribution in [0.2, 0.25) is 0 Å². The van der Waals surface area contributed by atoms with Gasteiger partial charge in [0, 0.05) is 59.1 Å². The predicted octanol–water partition coefficient (Wildman–Crippen LogP) is 15.7. The number of nitrogens with zero attached hydrogens (tertiary/aromatic N) is 3. The van der Waals surface area contributed by atoms with Crippen molar-refractivity contribution in [2.24, 2.45) is 0 Å². The molecule has 296 valence electrons. The first-order chi connectivity index (χ1) is 31.2. The van der Waals surface area contributed by atoms with E-state index in [1.807, 2.05) is 17.4 Å². The van der Waals surface area contributed by atoms with E-state index in [0.29, 0.717) is 17.5 Å². The van der Waals surface area contributed by atoms with Gasteiger partial charge in [-0.3, -0.25) is 0 Å². The van der Waals surface area contributed by atoms with Gasteiger partial charge < -0.3 is 4.42 Å². The van der Waals surface area contributed by atoms with Gasteiger partial charge in [-0.1, -0.05) is 152 Å². The molecule has 0 fully saturated rings. The Kier molecular flexibility index (Phi) is 8.25. The summed E-state index contributed by atoms with van der Waals surface area (Å²) in [5, 5.41) is 7.06. The van der Waals surface area contributed by atoms with E-state index < -0.39 is 0 Å². The molecule has 0 saturated carbocycles. The van der Waals surface area contributed by atoms with Crippen molar-refractivity contribution in [1.29, 1.82) is 0 Å². The van der Waals surface area contributed by atoms with Crippen molar-refractivity contribution in [2.75, 3.05) is 0 Å². The number of hydrogen-bond acceptors (Lipinski definition) is 5. The van der Waals surface area contributed by atoms with Crippen LogP contribution in [-0.2, 0) is 6.42 Å². The number of para-hydroxylation sites is 1. The fraction of sp³-hybridized carbons (Fsp3) is 0.0517. The second-order valence-electron chi connectivity index (χ2n) is 16.6. The second kappa shape index (κ2) is 14.4. The standard InChI is InChI=1S/C58H37N3OS/c1-2-12-35(13-3-1)36-22-24-37(25-23-36)56-59-57(41-27-31-53-50(34-41)45-18-9-11-21-52(45)63-53)61-58(60-56)48-30-29-46(55-54(48)47-19-8-10-20-51(47)62-55)44-28-26-40-32-38-14-4-5-15-39(38)33-49(40)43-17-7-6-16-42(43)44/h1-25,27,29-34,44H,26,28H2/t44-/m0/s1. The Morgan fingerprint density at radius 2 is 1.08 bits per heavy atom. The minimum absolute atomic E-state index is 0.105. The van der Waals surface area contributed by atoms with Crippen molar-refractivity contribution < 1.29 is 4.42 Å². The minimum Gasteiger partial charge on any atom is -0.456 e. The number of furan rings is 1. The van der Waals surface area contributed by atoms with Gasteiger partial charge in [0.15, 0.2) is 17.5 Å². The molecule has 9 aromatic carbocycles. The average Bonchev–Trinajstić information content (AvgIpc) is 3.88. The number of rotatable bonds is 5. The molecule has 3 heterocycles. The molecule has 4 nitrogen and oxygen atoms in total. The number of aromatic nitrogens is 3. The van der Waals surface area contributed by atoms with Gasteiger partial charge in [0.2, 0.25) is 0 Å². The molecule has 0 bridgehead atoms. The molecule has 1 aliphatic rings. The lowest BCUT2D eigenvalue weighted by Crippen LogP contribution is -2.04. The van der Waals surface area contributed by atoms with E-state index in [2.05, 4.69) is 188 Å². The Bertz CT molecular complexity index is 3750. The summed E-state index contributed by atoms with van der Waals surface area (Å²) in [6, 6.07) is 69.5. The Labute approximate surface area is 367 Å². The summed E-state index contributed by atoms with van der Waals surface area (Å²) in [7, 11) is 0. The number of benzene rings is 9. The molecule has 12 aromatic rings. The van der Waals surface area contributed by atoms with E-state index in [4.69, 9.17) is 19.4 Å². The number of aryl methyl sites for hydroxylation is 1. The van der Waals surface area contributed by atoms with Crippen LogP contribution in [0.15, 0.2) is 199 Å². The van der Waals surface area contributed by atoms with E-state index in [9.17, 15) is 0 Å². The summed E-state index contributed by atoms with van der Waals surface area (Å²) in [4.78, 5) is 15.9. The maximum atomic E-state index is 6.99. The maximum absolute atomic E-state index is 6.99. The molecule has 1 atom stereocenters. The van der Waals surface area contributed by atoms with Crippen LogP contribution in [-0.4, -0.2) is 15.0 Å². The zero-order chi connectivity index (χ0) is 41.4. The summed E-state index contributed by atoms with van der Waals surface area (Å²) < 4.78 is 9.50. The quantitative estimate of drug-likeness (QED) is 0.173. The summed E-state index contributed by atoms with van der Waals surface area (Å²) in [5.41, 5.74) is 13.3. The lowest BCUT2D eigenvalue weighted by Gasteiger charge is -2.19. The van der Waals surface area contributed by atoms with E-state index in [1.165, 1.54) is 64.3 Å². The molecular formula is C58H37N3OS. The van der Waals surface area contributed by atoms with Crippen LogP contribution in [0.4, 0.5) is 0 Å². The lowest BCUT2D eigenvalue weighted by molar-refractivity contribution is 0.647. The Morgan fingerprint density at radius 1 is 0.429 bits per heavy atom. The van der Waals surface area contributed by atoms with E-state index in [1.54, 1.807) is 0 Å². The highest BCUT2D eigenvalue weighted by molar-refractivity contribution is 7.25. The third-order valence-corrected chi connectivity index (χ3v) is 14.1. The van der Waals surface area contributed by atoms with Crippen LogP contribution in [0.3, 0.4) is 0 Å². The summed E-state index contributed by atoms with van der Waals surface area (Å²) in [6.45, 7) is 0. The van der Waals surface area contributed by atoms with Crippen molar-refractivity contribution in [3.05, 3.63) is 211 Å². The Morgan fingerprint density at radius 3 is 1.95 bits per heavy atom. The molecule has 0 unspecified atom stereocenters. The van der Waals surface area contributed by atoms with E-state index in [0.717, 1.165) is 57.0 Å². The largest absolute Gasteiger partial charge is 0.456 e. The molecule has 13 rings (SSSR count). The Hall–Kier alpha value is -7.73. The zero-order valence-corrected chi connectivity index (χ0v) is 34.9. The normalized spacial score (nSPS) is 13.7. The Balaban J connectivity index is 1.01. The SMILES string of the molecule is c1ccc(-c2ccc(-c3nc(-c4ccc5sc6ccccc6c5c4)nc(-c4ccc([C@H]5CCc6cc7ccccc7cc6-c6ccccc65)c5oc6ccccc6c45)n3)cc2)cc1. The molecule has 63 heavy (non-hydrogen) atoms. The molecule has 3 aromatic heterocycles. The smallest absolute Gasteiger partial charge is 0.164 e. The van der Waals surface area contributed by atoms with Gasteiger partial charge in [0.25, 0.3) is 0 Å². The topological polar surface area (TPSA) is 51.8 Å². The van der Waals surface area contributed by atoms with Crippen LogP contribution in [0.5, 0.6) is 0 Å². The van der Waals surface area contributed by atoms with Crippen LogP contribution in [0, 0.1) is 0 Å². The van der Waals surface area contributed by atoms with Crippen LogP contribution >= 0.6 is 11.3 Å². The van der Waals surface area contributed by atoms with Crippen LogP contribution in [0.25, 0.3) is 109 Å². The van der Waals surface area contributed by atoms with Gasteiger partial charge in [-0.25, -0.2) is 15.0 Å². The summed E-state index contributed by atoms with van der Waals surface area (Å²) in [6.07, 6.45) is 1.91. The van der Waals surface area contributed by atoms with Crippen molar-refractivity contribution in [3.8, 4) is 56.4 Å². The van der Waals surface area contributed by atoms with E-state index in [-0.39, 0.29) is 5.92 Å². The molecule has 0 aliphatic heterocycles. The first-order valence-corrected chi connectivity index (χ1v) is 22.4. The highest BCUT2D eigenvalue weighted by Crippen LogP contribution is 2.47. The molecule has 0 radical (unpaired) electrons. The number of hydrogen-bond donors (Lipinski definition) is 0. The van der Waals surface area contributed by atoms with Gasteiger partial charge in [-0.15, -0.1) is 11.3 Å². The summed E-state index contributed by atoms with van der Waals surface area (Å²) in [5.74, 6) is 1.97. The molecule has 0 N–H and O–H groups in total. The van der Waals surface area contributed by atoms with Crippen molar-refractivity contribution in [2.45, 2.75) is 18.8 Å². The molecular weight excluding hydrogens is 787 g/mol. The zero-order valence-electron chi connectivity index (χ0n) is 34.1. The van der Waals surface area contributed by atoms with Crippen LogP contribution in [0.1, 0.15) is 29.0 Å². The predicted molar refractivity (Wildman–Crippen MR) is 261 cm³/mol. The summed E-state index contributed by atoms with van der Waals surface area (Å²) >= 11 is 1.81. The number of thiophene rings is 1. The first-order valence-electron chi connectivity index (χ1n) is 21.6. The average molecular weight is 824 g/mol. The minimum atomic E-state index is 0.105. The lowest BCUT2D eigenvalue weighted by atomic mass is 9.84. The molecule has 1 aliphatic carbocycles. The van der Waals surface area contributed by atoms with Gasteiger partial charge >= 0.3 is 0 Å². The number of fused-ring (bicyclic) bond motifs is 10. The van der Waals surface area contributed by atoms with Gasteiger partial charge in [-0.05, 0) is 99.5 Å². The highest BCUT2D eigenvalue weighted by Gasteiger charge is 2.29. The maximum Gasteiger partial charge on any atom is 0.164 e.